The molecule has 13 heavy (non-hydrogen) atoms. The van der Waals surface area contributed by atoms with E-state index in [9.17, 15) is 4.79 Å². The van der Waals surface area contributed by atoms with Crippen LogP contribution in [0, 0.1) is 11.8 Å². The first kappa shape index (κ1) is 9.40. The lowest BCUT2D eigenvalue weighted by atomic mass is 10.2. The number of H-pyrrole nitrogens is 1. The van der Waals surface area contributed by atoms with Crippen LogP contribution >= 0.6 is 0 Å². The van der Waals surface area contributed by atoms with Crippen LogP contribution in [0.4, 0.5) is 0 Å². The average Bonchev–Trinajstić information content (AvgIpc) is 2.55. The molecule has 1 atom stereocenters. The third kappa shape index (κ3) is 2.68. The molecule has 0 fully saturated rings. The second-order valence-corrected chi connectivity index (χ2v) is 2.70. The van der Waals surface area contributed by atoms with Gasteiger partial charge in [0.2, 0.25) is 0 Å². The lowest BCUT2D eigenvalue weighted by Gasteiger charge is -2.08. The molecule has 1 amide bonds. The Kier molecular flexibility index (Phi) is 3.15. The Hall–Kier alpha value is -1.69. The molecule has 3 heteroatoms. The second-order valence-electron chi connectivity index (χ2n) is 2.70. The molecule has 0 aliphatic rings. The maximum Gasteiger partial charge on any atom is 0.296 e. The first-order chi connectivity index (χ1) is 6.24. The fourth-order valence-corrected chi connectivity index (χ4v) is 1.04. The summed E-state index contributed by atoms with van der Waals surface area (Å²) in [4.78, 5) is 14.1. The first-order valence-corrected chi connectivity index (χ1v) is 4.10. The minimum atomic E-state index is -0.246. The molecule has 1 heterocycles. The van der Waals surface area contributed by atoms with Crippen molar-refractivity contribution >= 4 is 5.91 Å². The van der Waals surface area contributed by atoms with Crippen LogP contribution in [-0.2, 0) is 4.79 Å². The Bertz CT molecular complexity index is 330. The molecule has 1 rings (SSSR count). The highest BCUT2D eigenvalue weighted by Gasteiger charge is 2.06. The Morgan fingerprint density at radius 1 is 1.69 bits per heavy atom. The van der Waals surface area contributed by atoms with Gasteiger partial charge >= 0.3 is 0 Å². The predicted molar refractivity (Wildman–Crippen MR) is 50.8 cm³/mol. The number of hydrogen-bond acceptors (Lipinski definition) is 1. The molecule has 1 unspecified atom stereocenters. The van der Waals surface area contributed by atoms with Gasteiger partial charge in [-0.25, -0.2) is 0 Å². The van der Waals surface area contributed by atoms with Crippen molar-refractivity contribution in [3.8, 4) is 11.8 Å². The van der Waals surface area contributed by atoms with Crippen LogP contribution in [0.15, 0.2) is 18.3 Å². The molecule has 2 N–H and O–H groups in total. The van der Waals surface area contributed by atoms with E-state index in [4.69, 9.17) is 0 Å². The van der Waals surface area contributed by atoms with E-state index in [0.29, 0.717) is 0 Å². The summed E-state index contributed by atoms with van der Waals surface area (Å²) in [5, 5.41) is 2.74. The molecule has 0 aliphatic heterocycles. The Balaban J connectivity index is 2.54. The van der Waals surface area contributed by atoms with Crippen LogP contribution in [0.3, 0.4) is 0 Å². The minimum Gasteiger partial charge on any atom is -0.363 e. The highest BCUT2D eigenvalue weighted by molar-refractivity contribution is 5.93. The van der Waals surface area contributed by atoms with Crippen molar-refractivity contribution in [1.82, 2.24) is 10.3 Å². The van der Waals surface area contributed by atoms with Gasteiger partial charge in [0.15, 0.2) is 0 Å². The highest BCUT2D eigenvalue weighted by atomic mass is 16.1. The summed E-state index contributed by atoms with van der Waals surface area (Å²) < 4.78 is 0. The van der Waals surface area contributed by atoms with Gasteiger partial charge in [-0.1, -0.05) is 5.92 Å². The number of amides is 1. The zero-order valence-electron chi connectivity index (χ0n) is 7.72. The van der Waals surface area contributed by atoms with Crippen LogP contribution in [0.5, 0.6) is 0 Å². The Labute approximate surface area is 77.5 Å². The van der Waals surface area contributed by atoms with E-state index in [0.717, 1.165) is 5.69 Å². The molecule has 0 radical (unpaired) electrons. The van der Waals surface area contributed by atoms with Crippen LogP contribution < -0.4 is 5.32 Å². The molecule has 68 valence electrons. The smallest absolute Gasteiger partial charge is 0.296 e. The number of carbonyl (C=O) groups is 1. The number of aromatic amines is 1. The molecule has 0 aromatic carbocycles. The summed E-state index contributed by atoms with van der Waals surface area (Å²) in [5.74, 6) is 4.72. The number of nitrogens with one attached hydrogen (secondary N) is 2. The van der Waals surface area contributed by atoms with E-state index in [1.807, 2.05) is 25.3 Å². The lowest BCUT2D eigenvalue weighted by molar-refractivity contribution is -0.116. The molecule has 0 bridgehead atoms. The minimum absolute atomic E-state index is 0.0247. The standard InChI is InChI=1S/C10H12N2O/c1-3-5-10(13)12-8(2)9-6-4-7-11-9/h4,6-8,11H,1-2H3,(H,12,13). The third-order valence-electron chi connectivity index (χ3n) is 1.67. The van der Waals surface area contributed by atoms with Crippen LogP contribution in [0.25, 0.3) is 0 Å². The number of carbonyl (C=O) groups excluding carboxylic acids is 1. The van der Waals surface area contributed by atoms with Gasteiger partial charge in [0.25, 0.3) is 5.91 Å². The van der Waals surface area contributed by atoms with Crippen molar-refractivity contribution in [1.29, 1.82) is 0 Å². The second kappa shape index (κ2) is 4.36. The molecule has 1 aromatic heterocycles. The van der Waals surface area contributed by atoms with E-state index in [1.54, 1.807) is 6.92 Å². The number of hydrogen-bond donors (Lipinski definition) is 2. The molecular formula is C10H12N2O. The van der Waals surface area contributed by atoms with Crippen molar-refractivity contribution < 1.29 is 4.79 Å². The van der Waals surface area contributed by atoms with Gasteiger partial charge in [-0.15, -0.1) is 0 Å². The van der Waals surface area contributed by atoms with E-state index in [2.05, 4.69) is 22.1 Å². The summed E-state index contributed by atoms with van der Waals surface area (Å²) >= 11 is 0. The molecule has 0 saturated heterocycles. The van der Waals surface area contributed by atoms with Crippen molar-refractivity contribution in [2.75, 3.05) is 0 Å². The third-order valence-corrected chi connectivity index (χ3v) is 1.67. The van der Waals surface area contributed by atoms with Gasteiger partial charge in [0, 0.05) is 11.9 Å². The zero-order valence-corrected chi connectivity index (χ0v) is 7.72. The maximum atomic E-state index is 11.1. The quantitative estimate of drug-likeness (QED) is 0.654. The van der Waals surface area contributed by atoms with Gasteiger partial charge in [-0.3, -0.25) is 4.79 Å². The molecule has 1 aromatic rings. The Morgan fingerprint density at radius 2 is 2.46 bits per heavy atom. The normalized spacial score (nSPS) is 11.2. The summed E-state index contributed by atoms with van der Waals surface area (Å²) in [6.07, 6.45) is 1.82. The number of rotatable bonds is 2. The van der Waals surface area contributed by atoms with Gasteiger partial charge in [-0.2, -0.15) is 0 Å². The van der Waals surface area contributed by atoms with E-state index >= 15 is 0 Å². The van der Waals surface area contributed by atoms with Crippen LogP contribution in [-0.4, -0.2) is 10.9 Å². The van der Waals surface area contributed by atoms with E-state index in [-0.39, 0.29) is 11.9 Å². The van der Waals surface area contributed by atoms with Crippen molar-refractivity contribution in [3.05, 3.63) is 24.0 Å². The van der Waals surface area contributed by atoms with Crippen LogP contribution in [0.1, 0.15) is 25.6 Å². The van der Waals surface area contributed by atoms with Crippen molar-refractivity contribution in [3.63, 3.8) is 0 Å². The van der Waals surface area contributed by atoms with Gasteiger partial charge in [0.05, 0.1) is 6.04 Å². The fourth-order valence-electron chi connectivity index (χ4n) is 1.04. The Morgan fingerprint density at radius 3 is 3.00 bits per heavy atom. The molecule has 3 nitrogen and oxygen atoms in total. The molecule has 0 spiro atoms. The zero-order chi connectivity index (χ0) is 9.68. The summed E-state index contributed by atoms with van der Waals surface area (Å²) in [6.45, 7) is 3.54. The van der Waals surface area contributed by atoms with E-state index < -0.39 is 0 Å². The van der Waals surface area contributed by atoms with Crippen LogP contribution in [0.2, 0.25) is 0 Å². The fraction of sp³-hybridized carbons (Fsp3) is 0.300. The van der Waals surface area contributed by atoms with Gasteiger partial charge < -0.3 is 10.3 Å². The maximum absolute atomic E-state index is 11.1. The SMILES string of the molecule is CC#CC(=O)NC(C)c1ccc[nH]1. The lowest BCUT2D eigenvalue weighted by Crippen LogP contribution is -2.25. The largest absolute Gasteiger partial charge is 0.363 e. The van der Waals surface area contributed by atoms with Gasteiger partial charge in [-0.05, 0) is 31.9 Å². The summed E-state index contributed by atoms with van der Waals surface area (Å²) in [5.41, 5.74) is 0.978. The molecule has 0 aliphatic carbocycles. The topological polar surface area (TPSA) is 44.9 Å². The number of aromatic nitrogens is 1. The molecule has 0 saturated carbocycles. The first-order valence-electron chi connectivity index (χ1n) is 4.10. The van der Waals surface area contributed by atoms with Crippen molar-refractivity contribution in [2.24, 2.45) is 0 Å². The predicted octanol–water partition coefficient (Wildman–Crippen LogP) is 1.22. The van der Waals surface area contributed by atoms with Gasteiger partial charge in [0.1, 0.15) is 0 Å². The highest BCUT2D eigenvalue weighted by Crippen LogP contribution is 2.07. The van der Waals surface area contributed by atoms with E-state index in [1.165, 1.54) is 0 Å². The monoisotopic (exact) mass is 176 g/mol. The summed E-state index contributed by atoms with van der Waals surface area (Å²) in [6, 6.07) is 3.79. The molecular weight excluding hydrogens is 164 g/mol. The summed E-state index contributed by atoms with van der Waals surface area (Å²) in [7, 11) is 0. The van der Waals surface area contributed by atoms with Crippen molar-refractivity contribution in [2.45, 2.75) is 19.9 Å². The average molecular weight is 176 g/mol.